The third kappa shape index (κ3) is 31.6. The van der Waals surface area contributed by atoms with Gasteiger partial charge in [0.15, 0.2) is 0 Å². The van der Waals surface area contributed by atoms with Crippen LogP contribution in [-0.4, -0.2) is 43.2 Å². The molecule has 0 aliphatic carbocycles. The van der Waals surface area contributed by atoms with Crippen LogP contribution in [0.25, 0.3) is 0 Å². The van der Waals surface area contributed by atoms with E-state index in [4.69, 9.17) is 14.2 Å². The molecule has 0 aromatic heterocycles. The Morgan fingerprint density at radius 3 is 1.55 bits per heavy atom. The summed E-state index contributed by atoms with van der Waals surface area (Å²) >= 11 is 0. The Bertz CT molecular complexity index is 985. The van der Waals surface area contributed by atoms with E-state index in [9.17, 15) is 14.4 Å². The van der Waals surface area contributed by atoms with Gasteiger partial charge in [-0.2, -0.15) is 0 Å². The normalized spacial score (nSPS) is 12.4. The van der Waals surface area contributed by atoms with E-state index in [0.29, 0.717) is 25.9 Å². The lowest BCUT2D eigenvalue weighted by Crippen LogP contribution is -2.42. The minimum absolute atomic E-state index is 0.0211. The van der Waals surface area contributed by atoms with Gasteiger partial charge in [0, 0.05) is 12.8 Å². The highest BCUT2D eigenvalue weighted by Crippen LogP contribution is 2.17. The van der Waals surface area contributed by atoms with E-state index in [0.717, 1.165) is 69.8 Å². The Morgan fingerprint density at radius 1 is 0.547 bits per heavy atom. The third-order valence-electron chi connectivity index (χ3n) is 10.1. The van der Waals surface area contributed by atoms with Crippen LogP contribution in [0.3, 0.4) is 0 Å². The SMILES string of the molecule is CCCCCCCCCCCCCC(=O)NC(COCc1ccccc1)COC(=O)CC(CCCCCCC)OC(=O)CCCCCCCCCCC. The molecule has 2 unspecified atom stereocenters. The maximum Gasteiger partial charge on any atom is 0.309 e. The van der Waals surface area contributed by atoms with Crippen molar-refractivity contribution >= 4 is 17.8 Å². The maximum atomic E-state index is 13.1. The fourth-order valence-electron chi connectivity index (χ4n) is 6.72. The quantitative estimate of drug-likeness (QED) is 0.0536. The summed E-state index contributed by atoms with van der Waals surface area (Å²) in [4.78, 5) is 38.8. The number of esters is 2. The van der Waals surface area contributed by atoms with E-state index in [-0.39, 0.29) is 31.5 Å². The largest absolute Gasteiger partial charge is 0.463 e. The molecule has 0 spiro atoms. The molecule has 7 heteroatoms. The second-order valence-electron chi connectivity index (χ2n) is 15.3. The summed E-state index contributed by atoms with van der Waals surface area (Å²) in [6.45, 7) is 7.35. The van der Waals surface area contributed by atoms with Crippen LogP contribution in [0.4, 0.5) is 0 Å². The van der Waals surface area contributed by atoms with Crippen LogP contribution in [-0.2, 0) is 35.2 Å². The molecule has 0 aliphatic heterocycles. The Morgan fingerprint density at radius 2 is 1.02 bits per heavy atom. The van der Waals surface area contributed by atoms with E-state index >= 15 is 0 Å². The molecule has 1 amide bonds. The molecule has 0 heterocycles. The molecular formula is C46H81NO6. The van der Waals surface area contributed by atoms with Crippen LogP contribution < -0.4 is 5.32 Å². The number of hydrogen-bond donors (Lipinski definition) is 1. The maximum absolute atomic E-state index is 13.1. The van der Waals surface area contributed by atoms with Gasteiger partial charge in [-0.25, -0.2) is 0 Å². The first kappa shape index (κ1) is 48.6. The van der Waals surface area contributed by atoms with Gasteiger partial charge >= 0.3 is 11.9 Å². The topological polar surface area (TPSA) is 90.9 Å². The molecule has 1 N–H and O–H groups in total. The average molecular weight is 744 g/mol. The molecule has 1 aromatic carbocycles. The lowest BCUT2D eigenvalue weighted by atomic mass is 10.1. The molecule has 0 fully saturated rings. The summed E-state index contributed by atoms with van der Waals surface area (Å²) in [5.74, 6) is -0.672. The summed E-state index contributed by atoms with van der Waals surface area (Å²) < 4.78 is 17.5. The van der Waals surface area contributed by atoms with Crippen LogP contribution >= 0.6 is 0 Å². The molecule has 7 nitrogen and oxygen atoms in total. The van der Waals surface area contributed by atoms with Gasteiger partial charge in [-0.3, -0.25) is 14.4 Å². The second kappa shape index (κ2) is 36.6. The number of amides is 1. The average Bonchev–Trinajstić information content (AvgIpc) is 3.15. The molecule has 0 bridgehead atoms. The molecule has 1 aromatic rings. The van der Waals surface area contributed by atoms with E-state index in [1.165, 1.54) is 96.3 Å². The van der Waals surface area contributed by atoms with Crippen molar-refractivity contribution in [1.29, 1.82) is 0 Å². The van der Waals surface area contributed by atoms with Crippen molar-refractivity contribution in [2.45, 2.75) is 226 Å². The van der Waals surface area contributed by atoms with Crippen LogP contribution in [0.1, 0.15) is 213 Å². The minimum atomic E-state index is -0.487. The second-order valence-corrected chi connectivity index (χ2v) is 15.3. The fourth-order valence-corrected chi connectivity index (χ4v) is 6.72. The van der Waals surface area contributed by atoms with E-state index in [2.05, 4.69) is 26.1 Å². The summed E-state index contributed by atoms with van der Waals surface area (Å²) in [5.41, 5.74) is 1.04. The molecule has 2 atom stereocenters. The van der Waals surface area contributed by atoms with Gasteiger partial charge in [0.1, 0.15) is 12.7 Å². The lowest BCUT2D eigenvalue weighted by molar-refractivity contribution is -0.156. The number of nitrogens with one attached hydrogen (secondary N) is 1. The zero-order valence-corrected chi connectivity index (χ0v) is 34.6. The first-order valence-electron chi connectivity index (χ1n) is 22.2. The van der Waals surface area contributed by atoms with Crippen LogP contribution in [0.15, 0.2) is 30.3 Å². The Labute approximate surface area is 325 Å². The Kier molecular flexibility index (Phi) is 33.5. The molecule has 0 radical (unpaired) electrons. The van der Waals surface area contributed by atoms with Gasteiger partial charge in [0.2, 0.25) is 5.91 Å². The zero-order valence-electron chi connectivity index (χ0n) is 34.6. The molecule has 0 saturated heterocycles. The van der Waals surface area contributed by atoms with Crippen molar-refractivity contribution < 1.29 is 28.6 Å². The zero-order chi connectivity index (χ0) is 38.5. The van der Waals surface area contributed by atoms with Crippen molar-refractivity contribution in [1.82, 2.24) is 5.32 Å². The van der Waals surface area contributed by atoms with Crippen molar-refractivity contribution in [3.63, 3.8) is 0 Å². The molecular weight excluding hydrogens is 663 g/mol. The summed E-state index contributed by atoms with van der Waals surface area (Å²) in [6, 6.07) is 9.45. The van der Waals surface area contributed by atoms with Crippen molar-refractivity contribution in [3.05, 3.63) is 35.9 Å². The number of rotatable bonds is 38. The van der Waals surface area contributed by atoms with E-state index in [1.807, 2.05) is 30.3 Å². The number of unbranched alkanes of at least 4 members (excludes halogenated alkanes) is 22. The highest BCUT2D eigenvalue weighted by Gasteiger charge is 2.21. The number of hydrogen-bond acceptors (Lipinski definition) is 6. The van der Waals surface area contributed by atoms with Gasteiger partial charge in [-0.1, -0.05) is 192 Å². The molecule has 53 heavy (non-hydrogen) atoms. The first-order chi connectivity index (χ1) is 26.0. The van der Waals surface area contributed by atoms with E-state index in [1.54, 1.807) is 0 Å². The van der Waals surface area contributed by atoms with Gasteiger partial charge in [0.05, 0.1) is 25.7 Å². The predicted molar refractivity (Wildman–Crippen MR) is 220 cm³/mol. The van der Waals surface area contributed by atoms with Gasteiger partial charge in [0.25, 0.3) is 0 Å². The van der Waals surface area contributed by atoms with Gasteiger partial charge in [-0.15, -0.1) is 0 Å². The third-order valence-corrected chi connectivity index (χ3v) is 10.1. The predicted octanol–water partition coefficient (Wildman–Crippen LogP) is 12.5. The number of carbonyl (C=O) groups excluding carboxylic acids is 3. The summed E-state index contributed by atoms with van der Waals surface area (Å²) in [5, 5.41) is 3.06. The Hall–Kier alpha value is -2.41. The molecule has 306 valence electrons. The molecule has 0 aliphatic rings. The number of ether oxygens (including phenoxy) is 3. The molecule has 1 rings (SSSR count). The molecule has 0 saturated carbocycles. The van der Waals surface area contributed by atoms with Gasteiger partial charge in [-0.05, 0) is 31.2 Å². The van der Waals surface area contributed by atoms with Crippen LogP contribution in [0, 0.1) is 0 Å². The van der Waals surface area contributed by atoms with Gasteiger partial charge < -0.3 is 19.5 Å². The monoisotopic (exact) mass is 744 g/mol. The highest BCUT2D eigenvalue weighted by molar-refractivity contribution is 5.76. The minimum Gasteiger partial charge on any atom is -0.463 e. The number of benzene rings is 1. The van der Waals surface area contributed by atoms with Crippen LogP contribution in [0.5, 0.6) is 0 Å². The summed E-state index contributed by atoms with van der Waals surface area (Å²) in [6.07, 6.45) is 30.8. The smallest absolute Gasteiger partial charge is 0.309 e. The summed E-state index contributed by atoms with van der Waals surface area (Å²) in [7, 11) is 0. The van der Waals surface area contributed by atoms with Crippen LogP contribution in [0.2, 0.25) is 0 Å². The fraction of sp³-hybridized carbons (Fsp3) is 0.804. The first-order valence-corrected chi connectivity index (χ1v) is 22.2. The lowest BCUT2D eigenvalue weighted by Gasteiger charge is -2.21. The number of carbonyl (C=O) groups is 3. The Balaban J connectivity index is 2.55. The highest BCUT2D eigenvalue weighted by atomic mass is 16.6. The van der Waals surface area contributed by atoms with Crippen molar-refractivity contribution in [3.8, 4) is 0 Å². The van der Waals surface area contributed by atoms with Crippen molar-refractivity contribution in [2.24, 2.45) is 0 Å². The van der Waals surface area contributed by atoms with Crippen molar-refractivity contribution in [2.75, 3.05) is 13.2 Å². The standard InChI is InChI=1S/C46H81NO6/c1-4-7-10-13-15-17-18-20-21-24-30-35-44(48)47-42(39-51-38-41-32-27-26-28-33-41)40-52-46(50)37-43(34-29-23-12-9-6-3)53-45(49)36-31-25-22-19-16-14-11-8-5-2/h26-28,32-33,42-43H,4-25,29-31,34-40H2,1-3H3,(H,47,48). The van der Waals surface area contributed by atoms with E-state index < -0.39 is 18.1 Å².